The minimum absolute atomic E-state index is 0.0497. The summed E-state index contributed by atoms with van der Waals surface area (Å²) in [6.07, 6.45) is 0. The van der Waals surface area contributed by atoms with E-state index in [4.69, 9.17) is 4.52 Å². The van der Waals surface area contributed by atoms with Gasteiger partial charge in [0.2, 0.25) is 10.0 Å². The SMILES string of the molecule is CC(=O)c1ccc(S(=O)(=O)NCc2cc(C)on2)cc1. The molecule has 2 rings (SSSR count). The van der Waals surface area contributed by atoms with Gasteiger partial charge in [-0.25, -0.2) is 13.1 Å². The first-order valence-electron chi connectivity index (χ1n) is 5.91. The largest absolute Gasteiger partial charge is 0.361 e. The van der Waals surface area contributed by atoms with Gasteiger partial charge in [-0.05, 0) is 26.0 Å². The molecule has 0 aliphatic rings. The highest BCUT2D eigenvalue weighted by Crippen LogP contribution is 2.12. The number of nitrogens with one attached hydrogen (secondary N) is 1. The Bertz CT molecular complexity index is 717. The highest BCUT2D eigenvalue weighted by atomic mass is 32.2. The van der Waals surface area contributed by atoms with E-state index in [0.717, 1.165) is 0 Å². The summed E-state index contributed by atoms with van der Waals surface area (Å²) in [4.78, 5) is 11.2. The Kier molecular flexibility index (Phi) is 4.01. The predicted octanol–water partition coefficient (Wildman–Crippen LogP) is 1.66. The van der Waals surface area contributed by atoms with Crippen LogP contribution in [0.5, 0.6) is 0 Å². The Morgan fingerprint density at radius 3 is 2.45 bits per heavy atom. The molecule has 0 saturated carbocycles. The molecule has 0 amide bonds. The molecule has 0 saturated heterocycles. The molecule has 0 aliphatic carbocycles. The molecule has 0 spiro atoms. The molecule has 0 atom stereocenters. The Morgan fingerprint density at radius 2 is 1.95 bits per heavy atom. The number of aryl methyl sites for hydroxylation is 1. The molecule has 6 nitrogen and oxygen atoms in total. The maximum atomic E-state index is 12.0. The first kappa shape index (κ1) is 14.4. The van der Waals surface area contributed by atoms with E-state index in [-0.39, 0.29) is 17.2 Å². The fraction of sp³-hybridized carbons (Fsp3) is 0.231. The van der Waals surface area contributed by atoms with Crippen LogP contribution in [0.4, 0.5) is 0 Å². The lowest BCUT2D eigenvalue weighted by Gasteiger charge is -2.05. The summed E-state index contributed by atoms with van der Waals surface area (Å²) in [5.74, 6) is 0.505. The average Bonchev–Trinajstić information content (AvgIpc) is 2.82. The standard InChI is InChI=1S/C13H14N2O4S/c1-9-7-12(15-19-9)8-14-20(17,18)13-5-3-11(4-6-13)10(2)16/h3-7,14H,8H2,1-2H3. The molecule has 0 fully saturated rings. The van der Waals surface area contributed by atoms with E-state index >= 15 is 0 Å². The summed E-state index contributed by atoms with van der Waals surface area (Å²) in [6, 6.07) is 7.41. The van der Waals surface area contributed by atoms with Gasteiger partial charge in [0.05, 0.1) is 17.1 Å². The summed E-state index contributed by atoms with van der Waals surface area (Å²) in [5, 5.41) is 3.70. The first-order chi connectivity index (χ1) is 9.38. The van der Waals surface area contributed by atoms with Crippen molar-refractivity contribution in [2.75, 3.05) is 0 Å². The molecular weight excluding hydrogens is 280 g/mol. The number of carbonyl (C=O) groups excluding carboxylic acids is 1. The van der Waals surface area contributed by atoms with Gasteiger partial charge in [-0.3, -0.25) is 4.79 Å². The van der Waals surface area contributed by atoms with E-state index in [1.54, 1.807) is 13.0 Å². The minimum Gasteiger partial charge on any atom is -0.361 e. The third-order valence-corrected chi connectivity index (χ3v) is 4.11. The Balaban J connectivity index is 2.11. The monoisotopic (exact) mass is 294 g/mol. The Hall–Kier alpha value is -1.99. The van der Waals surface area contributed by atoms with Gasteiger partial charge in [0, 0.05) is 11.6 Å². The molecule has 0 bridgehead atoms. The molecule has 7 heteroatoms. The van der Waals surface area contributed by atoms with Crippen LogP contribution in [0.3, 0.4) is 0 Å². The van der Waals surface area contributed by atoms with Crippen molar-refractivity contribution in [3.8, 4) is 0 Å². The zero-order valence-corrected chi connectivity index (χ0v) is 11.9. The number of ketones is 1. The molecule has 0 aliphatic heterocycles. The Morgan fingerprint density at radius 1 is 1.30 bits per heavy atom. The predicted molar refractivity (Wildman–Crippen MR) is 71.7 cm³/mol. The van der Waals surface area contributed by atoms with Crippen LogP contribution in [0.25, 0.3) is 0 Å². The maximum Gasteiger partial charge on any atom is 0.240 e. The molecule has 20 heavy (non-hydrogen) atoms. The van der Waals surface area contributed by atoms with Crippen LogP contribution in [0, 0.1) is 6.92 Å². The normalized spacial score (nSPS) is 11.5. The van der Waals surface area contributed by atoms with Crippen molar-refractivity contribution in [2.24, 2.45) is 0 Å². The lowest BCUT2D eigenvalue weighted by Crippen LogP contribution is -2.23. The third kappa shape index (κ3) is 3.31. The Labute approximate surface area is 116 Å². The van der Waals surface area contributed by atoms with E-state index in [0.29, 0.717) is 17.0 Å². The smallest absolute Gasteiger partial charge is 0.240 e. The van der Waals surface area contributed by atoms with Crippen LogP contribution in [0.2, 0.25) is 0 Å². The summed E-state index contributed by atoms with van der Waals surface area (Å²) in [6.45, 7) is 3.20. The lowest BCUT2D eigenvalue weighted by atomic mass is 10.2. The summed E-state index contributed by atoms with van der Waals surface area (Å²) in [7, 11) is -3.63. The fourth-order valence-electron chi connectivity index (χ4n) is 1.62. The number of Topliss-reactive ketones (excluding diaryl/α,β-unsaturated/α-hetero) is 1. The number of rotatable bonds is 5. The van der Waals surface area contributed by atoms with Crippen molar-refractivity contribution in [2.45, 2.75) is 25.3 Å². The molecule has 2 aromatic rings. The molecule has 1 heterocycles. The lowest BCUT2D eigenvalue weighted by molar-refractivity contribution is 0.101. The van der Waals surface area contributed by atoms with Gasteiger partial charge in [-0.2, -0.15) is 0 Å². The van der Waals surface area contributed by atoms with Crippen LogP contribution in [0.1, 0.15) is 28.7 Å². The number of hydrogen-bond donors (Lipinski definition) is 1. The zero-order chi connectivity index (χ0) is 14.8. The molecular formula is C13H14N2O4S. The summed E-state index contributed by atoms with van der Waals surface area (Å²) >= 11 is 0. The maximum absolute atomic E-state index is 12.0. The van der Waals surface area contributed by atoms with Gasteiger partial charge in [0.25, 0.3) is 0 Å². The molecule has 1 N–H and O–H groups in total. The molecule has 1 aromatic heterocycles. The summed E-state index contributed by atoms with van der Waals surface area (Å²) in [5.41, 5.74) is 0.975. The van der Waals surface area contributed by atoms with E-state index in [1.165, 1.54) is 31.2 Å². The van der Waals surface area contributed by atoms with E-state index in [1.807, 2.05) is 0 Å². The van der Waals surface area contributed by atoms with Gasteiger partial charge < -0.3 is 4.52 Å². The van der Waals surface area contributed by atoms with Gasteiger partial charge in [0.15, 0.2) is 5.78 Å². The highest BCUT2D eigenvalue weighted by molar-refractivity contribution is 7.89. The molecule has 1 aromatic carbocycles. The van der Waals surface area contributed by atoms with Crippen LogP contribution in [-0.2, 0) is 16.6 Å². The number of aromatic nitrogens is 1. The highest BCUT2D eigenvalue weighted by Gasteiger charge is 2.15. The van der Waals surface area contributed by atoms with Crippen molar-refractivity contribution in [1.29, 1.82) is 0 Å². The van der Waals surface area contributed by atoms with Crippen LogP contribution < -0.4 is 4.72 Å². The van der Waals surface area contributed by atoms with Crippen molar-refractivity contribution >= 4 is 15.8 Å². The van der Waals surface area contributed by atoms with Gasteiger partial charge in [-0.1, -0.05) is 17.3 Å². The third-order valence-electron chi connectivity index (χ3n) is 2.69. The van der Waals surface area contributed by atoms with E-state index in [9.17, 15) is 13.2 Å². The number of hydrogen-bond acceptors (Lipinski definition) is 5. The van der Waals surface area contributed by atoms with Gasteiger partial charge in [0.1, 0.15) is 5.76 Å². The number of sulfonamides is 1. The first-order valence-corrected chi connectivity index (χ1v) is 7.39. The van der Waals surface area contributed by atoms with E-state index < -0.39 is 10.0 Å². The van der Waals surface area contributed by atoms with Crippen molar-refractivity contribution in [3.63, 3.8) is 0 Å². The zero-order valence-electron chi connectivity index (χ0n) is 11.1. The van der Waals surface area contributed by atoms with Gasteiger partial charge >= 0.3 is 0 Å². The van der Waals surface area contributed by atoms with Crippen LogP contribution in [0.15, 0.2) is 39.8 Å². The summed E-state index contributed by atoms with van der Waals surface area (Å²) < 4.78 is 31.4. The second-order valence-corrected chi connectivity index (χ2v) is 6.10. The van der Waals surface area contributed by atoms with Crippen molar-refractivity contribution in [3.05, 3.63) is 47.3 Å². The molecule has 0 radical (unpaired) electrons. The minimum atomic E-state index is -3.63. The number of nitrogens with zero attached hydrogens (tertiary/aromatic N) is 1. The number of benzene rings is 1. The molecule has 106 valence electrons. The number of carbonyl (C=O) groups is 1. The second kappa shape index (κ2) is 5.56. The average molecular weight is 294 g/mol. The van der Waals surface area contributed by atoms with Crippen molar-refractivity contribution < 1.29 is 17.7 Å². The topological polar surface area (TPSA) is 89.3 Å². The van der Waals surface area contributed by atoms with Crippen LogP contribution in [-0.4, -0.2) is 19.4 Å². The van der Waals surface area contributed by atoms with Crippen LogP contribution >= 0.6 is 0 Å². The van der Waals surface area contributed by atoms with Crippen molar-refractivity contribution in [1.82, 2.24) is 9.88 Å². The quantitative estimate of drug-likeness (QED) is 0.847. The van der Waals surface area contributed by atoms with Gasteiger partial charge in [-0.15, -0.1) is 0 Å². The molecule has 0 unspecified atom stereocenters. The second-order valence-electron chi connectivity index (χ2n) is 4.33. The fourth-order valence-corrected chi connectivity index (χ4v) is 2.62. The van der Waals surface area contributed by atoms with E-state index in [2.05, 4.69) is 9.88 Å².